The van der Waals surface area contributed by atoms with Gasteiger partial charge in [0, 0.05) is 25.3 Å². The monoisotopic (exact) mass is 361 g/mol. The minimum atomic E-state index is -1.33. The predicted molar refractivity (Wildman–Crippen MR) is 94.7 cm³/mol. The molecule has 0 amide bonds. The molecule has 1 aromatic heterocycles. The number of pyridine rings is 1. The second kappa shape index (κ2) is 5.70. The van der Waals surface area contributed by atoms with Crippen LogP contribution in [0.15, 0.2) is 17.1 Å². The zero-order chi connectivity index (χ0) is 18.7. The van der Waals surface area contributed by atoms with Gasteiger partial charge in [-0.1, -0.05) is 6.92 Å². The SMILES string of the molecule is CC1COc2c(N3C[C@@H](C)[C@@H](N)C3)c(F)cc3c(=O)c(C(=O)O)cn1c23. The number of hydrogen-bond donors (Lipinski definition) is 2. The van der Waals surface area contributed by atoms with Gasteiger partial charge < -0.3 is 25.0 Å². The van der Waals surface area contributed by atoms with E-state index < -0.39 is 17.2 Å². The van der Waals surface area contributed by atoms with Crippen LogP contribution in [0.1, 0.15) is 30.2 Å². The smallest absolute Gasteiger partial charge is 0.341 e. The van der Waals surface area contributed by atoms with E-state index in [2.05, 4.69) is 0 Å². The van der Waals surface area contributed by atoms with Crippen LogP contribution in [0, 0.1) is 11.7 Å². The van der Waals surface area contributed by atoms with Crippen LogP contribution in [0.5, 0.6) is 5.75 Å². The van der Waals surface area contributed by atoms with Crippen LogP contribution in [-0.2, 0) is 0 Å². The molecule has 138 valence electrons. The average Bonchev–Trinajstić information content (AvgIpc) is 2.90. The van der Waals surface area contributed by atoms with E-state index in [1.54, 1.807) is 4.57 Å². The molecule has 7 nitrogen and oxygen atoms in total. The van der Waals surface area contributed by atoms with Crippen molar-refractivity contribution in [2.45, 2.75) is 25.9 Å². The van der Waals surface area contributed by atoms with Gasteiger partial charge in [0.25, 0.3) is 0 Å². The average molecular weight is 361 g/mol. The molecular weight excluding hydrogens is 341 g/mol. The fourth-order valence-electron chi connectivity index (χ4n) is 3.83. The zero-order valence-electron chi connectivity index (χ0n) is 14.5. The molecule has 3 heterocycles. The summed E-state index contributed by atoms with van der Waals surface area (Å²) < 4.78 is 22.5. The Morgan fingerprint density at radius 2 is 2.12 bits per heavy atom. The van der Waals surface area contributed by atoms with Crippen molar-refractivity contribution in [3.8, 4) is 5.75 Å². The van der Waals surface area contributed by atoms with Gasteiger partial charge in [0.05, 0.1) is 16.9 Å². The van der Waals surface area contributed by atoms with Gasteiger partial charge in [-0.2, -0.15) is 0 Å². The molecule has 4 rings (SSSR count). The van der Waals surface area contributed by atoms with Crippen LogP contribution >= 0.6 is 0 Å². The highest BCUT2D eigenvalue weighted by Crippen LogP contribution is 2.43. The number of carboxylic acid groups (broad SMARTS) is 1. The molecule has 2 aliphatic rings. The number of hydrogen-bond acceptors (Lipinski definition) is 5. The third-order valence-corrected chi connectivity index (χ3v) is 5.36. The summed E-state index contributed by atoms with van der Waals surface area (Å²) >= 11 is 0. The molecule has 0 radical (unpaired) electrons. The number of halogens is 1. The van der Waals surface area contributed by atoms with Gasteiger partial charge in [-0.05, 0) is 18.9 Å². The van der Waals surface area contributed by atoms with E-state index in [-0.39, 0.29) is 41.3 Å². The van der Waals surface area contributed by atoms with Gasteiger partial charge in [-0.15, -0.1) is 0 Å². The van der Waals surface area contributed by atoms with Crippen molar-refractivity contribution in [1.29, 1.82) is 0 Å². The van der Waals surface area contributed by atoms with Crippen LogP contribution in [0.2, 0.25) is 0 Å². The summed E-state index contributed by atoms with van der Waals surface area (Å²) in [6, 6.07) is 0.869. The number of rotatable bonds is 2. The molecule has 0 saturated carbocycles. The molecule has 3 N–H and O–H groups in total. The van der Waals surface area contributed by atoms with E-state index in [0.29, 0.717) is 24.3 Å². The maximum Gasteiger partial charge on any atom is 0.341 e. The van der Waals surface area contributed by atoms with Gasteiger partial charge in [0.1, 0.15) is 17.9 Å². The molecule has 2 aliphatic heterocycles. The first kappa shape index (κ1) is 16.8. The molecule has 3 atom stereocenters. The second-order valence-corrected chi connectivity index (χ2v) is 7.22. The first-order valence-corrected chi connectivity index (χ1v) is 8.57. The third-order valence-electron chi connectivity index (χ3n) is 5.36. The van der Waals surface area contributed by atoms with Gasteiger partial charge in [-0.25, -0.2) is 9.18 Å². The minimum absolute atomic E-state index is 0.0178. The summed E-state index contributed by atoms with van der Waals surface area (Å²) in [5.41, 5.74) is 5.72. The number of aromatic nitrogens is 1. The molecule has 26 heavy (non-hydrogen) atoms. The van der Waals surface area contributed by atoms with Gasteiger partial charge in [0.15, 0.2) is 11.6 Å². The molecule has 8 heteroatoms. The largest absolute Gasteiger partial charge is 0.487 e. The lowest BCUT2D eigenvalue weighted by Crippen LogP contribution is -2.31. The summed E-state index contributed by atoms with van der Waals surface area (Å²) in [6.45, 7) is 5.21. The Kier molecular flexibility index (Phi) is 3.69. The highest BCUT2D eigenvalue weighted by atomic mass is 19.1. The van der Waals surface area contributed by atoms with Crippen molar-refractivity contribution in [2.24, 2.45) is 11.7 Å². The molecule has 2 aromatic rings. The number of nitrogens with two attached hydrogens (primary N) is 1. The molecule has 1 aromatic carbocycles. The van der Waals surface area contributed by atoms with Gasteiger partial charge in [0.2, 0.25) is 5.43 Å². The van der Waals surface area contributed by atoms with E-state index in [0.717, 1.165) is 6.07 Å². The number of ether oxygens (including phenoxy) is 1. The maximum absolute atomic E-state index is 15.0. The van der Waals surface area contributed by atoms with Crippen molar-refractivity contribution in [3.63, 3.8) is 0 Å². The van der Waals surface area contributed by atoms with E-state index in [9.17, 15) is 19.1 Å². The van der Waals surface area contributed by atoms with Crippen LogP contribution in [0.25, 0.3) is 10.9 Å². The molecule has 0 spiro atoms. The Bertz CT molecular complexity index is 977. The fourth-order valence-corrected chi connectivity index (χ4v) is 3.83. The summed E-state index contributed by atoms with van der Waals surface area (Å²) in [6.07, 6.45) is 1.32. The number of carboxylic acids is 1. The van der Waals surface area contributed by atoms with Crippen LogP contribution in [-0.4, -0.2) is 41.4 Å². The van der Waals surface area contributed by atoms with Crippen LogP contribution < -0.4 is 20.8 Å². The Morgan fingerprint density at radius 3 is 2.73 bits per heavy atom. The number of benzene rings is 1. The molecule has 1 unspecified atom stereocenters. The minimum Gasteiger partial charge on any atom is -0.487 e. The Hall–Kier alpha value is -2.61. The van der Waals surface area contributed by atoms with Crippen molar-refractivity contribution in [1.82, 2.24) is 4.57 Å². The fraction of sp³-hybridized carbons (Fsp3) is 0.444. The summed E-state index contributed by atoms with van der Waals surface area (Å²) in [4.78, 5) is 25.8. The predicted octanol–water partition coefficient (Wildman–Crippen LogP) is 1.58. The molecular formula is C18H20FN3O4. The van der Waals surface area contributed by atoms with E-state index in [4.69, 9.17) is 10.5 Å². The number of anilines is 1. The Balaban J connectivity index is 2.04. The Labute approximate surface area is 148 Å². The highest BCUT2D eigenvalue weighted by Gasteiger charge is 2.34. The summed E-state index contributed by atoms with van der Waals surface area (Å²) in [7, 11) is 0. The lowest BCUT2D eigenvalue weighted by molar-refractivity contribution is 0.0694. The van der Waals surface area contributed by atoms with Crippen molar-refractivity contribution >= 4 is 22.6 Å². The van der Waals surface area contributed by atoms with Crippen molar-refractivity contribution in [2.75, 3.05) is 24.6 Å². The number of nitrogens with zero attached hydrogens (tertiary/aromatic N) is 2. The van der Waals surface area contributed by atoms with Crippen molar-refractivity contribution < 1.29 is 19.0 Å². The number of carbonyl (C=O) groups is 1. The number of aromatic carboxylic acids is 1. The summed E-state index contributed by atoms with van der Waals surface area (Å²) in [5, 5.41) is 9.33. The van der Waals surface area contributed by atoms with Crippen LogP contribution in [0.4, 0.5) is 10.1 Å². The zero-order valence-corrected chi connectivity index (χ0v) is 14.5. The van der Waals surface area contributed by atoms with Gasteiger partial charge in [-0.3, -0.25) is 4.79 Å². The molecule has 1 fully saturated rings. The summed E-state index contributed by atoms with van der Waals surface area (Å²) in [5.74, 6) is -1.44. The van der Waals surface area contributed by atoms with Crippen LogP contribution in [0.3, 0.4) is 0 Å². The molecule has 0 aliphatic carbocycles. The lowest BCUT2D eigenvalue weighted by atomic mass is 10.1. The lowest BCUT2D eigenvalue weighted by Gasteiger charge is -2.31. The first-order chi connectivity index (χ1) is 12.3. The quantitative estimate of drug-likeness (QED) is 0.843. The normalized spacial score (nSPS) is 24.8. The van der Waals surface area contributed by atoms with E-state index >= 15 is 0 Å². The van der Waals surface area contributed by atoms with Crippen molar-refractivity contribution in [3.05, 3.63) is 33.9 Å². The maximum atomic E-state index is 15.0. The molecule has 1 saturated heterocycles. The third kappa shape index (κ3) is 2.28. The second-order valence-electron chi connectivity index (χ2n) is 7.22. The van der Waals surface area contributed by atoms with E-state index in [1.807, 2.05) is 18.7 Å². The standard InChI is InChI=1S/C18H20FN3O4/c1-8-4-21(6-13(8)20)15-12(19)3-10-14-17(15)26-7-9(2)22(14)5-11(16(10)23)18(24)25/h3,5,8-9,13H,4,6-7,20H2,1-2H3,(H,24,25)/t8-,9?,13+/m1/s1. The highest BCUT2D eigenvalue weighted by molar-refractivity contribution is 5.97. The Morgan fingerprint density at radius 1 is 1.38 bits per heavy atom. The molecule has 0 bridgehead atoms. The van der Waals surface area contributed by atoms with E-state index in [1.165, 1.54) is 6.20 Å². The first-order valence-electron chi connectivity index (χ1n) is 8.57. The topological polar surface area (TPSA) is 97.8 Å². The van der Waals surface area contributed by atoms with Gasteiger partial charge >= 0.3 is 5.97 Å².